The fraction of sp³-hybridized carbons (Fsp3) is 0.545. The van der Waals surface area contributed by atoms with Gasteiger partial charge in [0.1, 0.15) is 9.84 Å². The lowest BCUT2D eigenvalue weighted by atomic mass is 10.2. The molecule has 1 aromatic heterocycles. The second-order valence-electron chi connectivity index (χ2n) is 3.78. The number of hydrogen-bond acceptors (Lipinski definition) is 4. The van der Waals surface area contributed by atoms with Gasteiger partial charge in [0.25, 0.3) is 0 Å². The second kappa shape index (κ2) is 5.59. The number of ketones is 1. The molecule has 1 heterocycles. The van der Waals surface area contributed by atoms with Crippen molar-refractivity contribution >= 4 is 27.0 Å². The van der Waals surface area contributed by atoms with Gasteiger partial charge in [0.2, 0.25) is 0 Å². The predicted octanol–water partition coefficient (Wildman–Crippen LogP) is 2.32. The molecular formula is C11H16O3S2. The zero-order valence-corrected chi connectivity index (χ0v) is 11.2. The summed E-state index contributed by atoms with van der Waals surface area (Å²) in [6, 6.07) is 3.78. The van der Waals surface area contributed by atoms with E-state index in [1.807, 2.05) is 19.1 Å². The Bertz CT molecular complexity index is 457. The zero-order chi connectivity index (χ0) is 12.2. The Kier molecular flexibility index (Phi) is 4.68. The van der Waals surface area contributed by atoms with Gasteiger partial charge in [-0.15, -0.1) is 11.3 Å². The molecule has 0 aromatic carbocycles. The molecule has 0 aliphatic carbocycles. The molecule has 0 spiro atoms. The van der Waals surface area contributed by atoms with Crippen molar-refractivity contribution in [3.8, 4) is 0 Å². The van der Waals surface area contributed by atoms with Gasteiger partial charge in [-0.1, -0.05) is 6.92 Å². The van der Waals surface area contributed by atoms with Gasteiger partial charge in [0.15, 0.2) is 5.78 Å². The highest BCUT2D eigenvalue weighted by Gasteiger charge is 2.10. The van der Waals surface area contributed by atoms with E-state index in [4.69, 9.17) is 0 Å². The Morgan fingerprint density at radius 2 is 2.06 bits per heavy atom. The first kappa shape index (κ1) is 13.4. The Hall–Kier alpha value is -0.680. The molecule has 0 atom stereocenters. The molecule has 0 saturated heterocycles. The van der Waals surface area contributed by atoms with E-state index < -0.39 is 9.84 Å². The Morgan fingerprint density at radius 3 is 2.56 bits per heavy atom. The largest absolute Gasteiger partial charge is 0.293 e. The second-order valence-corrected chi connectivity index (χ2v) is 7.20. The quantitative estimate of drug-likeness (QED) is 0.738. The maximum Gasteiger partial charge on any atom is 0.172 e. The molecule has 0 unspecified atom stereocenters. The summed E-state index contributed by atoms with van der Waals surface area (Å²) in [4.78, 5) is 13.6. The number of aryl methyl sites for hydroxylation is 1. The van der Waals surface area contributed by atoms with Crippen molar-refractivity contribution in [1.29, 1.82) is 0 Å². The summed E-state index contributed by atoms with van der Waals surface area (Å²) in [5.74, 6) is 0.137. The Balaban J connectivity index is 2.47. The van der Waals surface area contributed by atoms with Gasteiger partial charge in [-0.2, -0.15) is 0 Å². The van der Waals surface area contributed by atoms with Crippen molar-refractivity contribution < 1.29 is 13.2 Å². The number of sulfone groups is 1. The molecule has 0 aliphatic heterocycles. The molecule has 0 radical (unpaired) electrons. The average Bonchev–Trinajstić information content (AvgIpc) is 2.63. The number of carbonyl (C=O) groups is 1. The summed E-state index contributed by atoms with van der Waals surface area (Å²) in [5.41, 5.74) is 0. The van der Waals surface area contributed by atoms with Crippen molar-refractivity contribution in [2.45, 2.75) is 26.2 Å². The topological polar surface area (TPSA) is 51.2 Å². The Morgan fingerprint density at radius 1 is 1.38 bits per heavy atom. The van der Waals surface area contributed by atoms with Crippen LogP contribution in [0, 0.1) is 0 Å². The highest BCUT2D eigenvalue weighted by atomic mass is 32.2. The normalized spacial score (nSPS) is 11.6. The monoisotopic (exact) mass is 260 g/mol. The van der Waals surface area contributed by atoms with Crippen molar-refractivity contribution in [2.24, 2.45) is 0 Å². The van der Waals surface area contributed by atoms with Gasteiger partial charge in [0, 0.05) is 17.6 Å². The summed E-state index contributed by atoms with van der Waals surface area (Å²) in [7, 11) is -2.95. The molecule has 0 aliphatic rings. The van der Waals surface area contributed by atoms with Gasteiger partial charge >= 0.3 is 0 Å². The highest BCUT2D eigenvalue weighted by Crippen LogP contribution is 2.19. The van der Waals surface area contributed by atoms with Crippen LogP contribution in [0.4, 0.5) is 0 Å². The highest BCUT2D eigenvalue weighted by molar-refractivity contribution is 7.90. The SMILES string of the molecule is CCc1ccc(C(=O)CCCS(C)(=O)=O)s1. The Labute approximate surface area is 100 Å². The fourth-order valence-corrected chi connectivity index (χ4v) is 2.92. The van der Waals surface area contributed by atoms with Gasteiger partial charge < -0.3 is 0 Å². The maximum atomic E-state index is 11.7. The molecule has 0 amide bonds. The third-order valence-corrected chi connectivity index (χ3v) is 4.50. The number of Topliss-reactive ketones (excluding diaryl/α,β-unsaturated/α-hetero) is 1. The predicted molar refractivity (Wildman–Crippen MR) is 67.0 cm³/mol. The van der Waals surface area contributed by atoms with E-state index in [0.29, 0.717) is 12.8 Å². The molecule has 1 aromatic rings. The van der Waals surface area contributed by atoms with E-state index in [9.17, 15) is 13.2 Å². The molecule has 0 bridgehead atoms. The van der Waals surface area contributed by atoms with Gasteiger partial charge in [-0.3, -0.25) is 4.79 Å². The van der Waals surface area contributed by atoms with Crippen LogP contribution in [-0.2, 0) is 16.3 Å². The van der Waals surface area contributed by atoms with Crippen LogP contribution in [-0.4, -0.2) is 26.2 Å². The van der Waals surface area contributed by atoms with Crippen molar-refractivity contribution in [3.05, 3.63) is 21.9 Å². The minimum atomic E-state index is -2.95. The molecule has 0 N–H and O–H groups in total. The van der Waals surface area contributed by atoms with E-state index in [1.165, 1.54) is 22.5 Å². The first-order valence-electron chi connectivity index (χ1n) is 5.22. The summed E-state index contributed by atoms with van der Waals surface area (Å²) < 4.78 is 21.8. The smallest absolute Gasteiger partial charge is 0.172 e. The average molecular weight is 260 g/mol. The zero-order valence-electron chi connectivity index (χ0n) is 9.52. The number of carbonyl (C=O) groups excluding carboxylic acids is 1. The van der Waals surface area contributed by atoms with Crippen LogP contribution in [0.25, 0.3) is 0 Å². The van der Waals surface area contributed by atoms with E-state index in [-0.39, 0.29) is 11.5 Å². The van der Waals surface area contributed by atoms with Crippen LogP contribution in [0.3, 0.4) is 0 Å². The number of thiophene rings is 1. The molecule has 0 saturated carbocycles. The van der Waals surface area contributed by atoms with E-state index in [2.05, 4.69) is 0 Å². The maximum absolute atomic E-state index is 11.7. The standard InChI is InChI=1S/C11H16O3S2/c1-3-9-6-7-11(15-9)10(12)5-4-8-16(2,13)14/h6-7H,3-5,8H2,1-2H3. The van der Waals surface area contributed by atoms with Crippen LogP contribution in [0.1, 0.15) is 34.3 Å². The first-order valence-corrected chi connectivity index (χ1v) is 8.09. The summed E-state index contributed by atoms with van der Waals surface area (Å²) in [6.45, 7) is 2.05. The van der Waals surface area contributed by atoms with Gasteiger partial charge in [-0.05, 0) is 25.0 Å². The molecule has 3 nitrogen and oxygen atoms in total. The van der Waals surface area contributed by atoms with Crippen molar-refractivity contribution in [2.75, 3.05) is 12.0 Å². The van der Waals surface area contributed by atoms with Gasteiger partial charge in [0.05, 0.1) is 10.6 Å². The summed E-state index contributed by atoms with van der Waals surface area (Å²) in [5, 5.41) is 0. The molecule has 0 fully saturated rings. The fourth-order valence-electron chi connectivity index (χ4n) is 1.34. The summed E-state index contributed by atoms with van der Waals surface area (Å²) >= 11 is 1.50. The molecule has 1 rings (SSSR count). The van der Waals surface area contributed by atoms with Crippen LogP contribution in [0.2, 0.25) is 0 Å². The van der Waals surface area contributed by atoms with Crippen molar-refractivity contribution in [1.82, 2.24) is 0 Å². The number of rotatable bonds is 6. The van der Waals surface area contributed by atoms with Crippen LogP contribution < -0.4 is 0 Å². The lowest BCUT2D eigenvalue weighted by molar-refractivity contribution is 0.0986. The molecular weight excluding hydrogens is 244 g/mol. The number of hydrogen-bond donors (Lipinski definition) is 0. The third kappa shape index (κ3) is 4.45. The van der Waals surface area contributed by atoms with Crippen LogP contribution in [0.15, 0.2) is 12.1 Å². The first-order chi connectivity index (χ1) is 7.42. The molecule has 90 valence electrons. The lowest BCUT2D eigenvalue weighted by Crippen LogP contribution is -2.05. The molecule has 16 heavy (non-hydrogen) atoms. The lowest BCUT2D eigenvalue weighted by Gasteiger charge is -1.97. The molecule has 5 heteroatoms. The van der Waals surface area contributed by atoms with Crippen LogP contribution >= 0.6 is 11.3 Å². The third-order valence-electron chi connectivity index (χ3n) is 2.20. The van der Waals surface area contributed by atoms with Gasteiger partial charge in [-0.25, -0.2) is 8.42 Å². The van der Waals surface area contributed by atoms with E-state index >= 15 is 0 Å². The van der Waals surface area contributed by atoms with Crippen molar-refractivity contribution in [3.63, 3.8) is 0 Å². The van der Waals surface area contributed by atoms with E-state index in [1.54, 1.807) is 0 Å². The summed E-state index contributed by atoms with van der Waals surface area (Å²) in [6.07, 6.45) is 2.85. The van der Waals surface area contributed by atoms with Crippen LogP contribution in [0.5, 0.6) is 0 Å². The minimum Gasteiger partial charge on any atom is -0.293 e. The van der Waals surface area contributed by atoms with E-state index in [0.717, 1.165) is 11.3 Å². The minimum absolute atomic E-state index is 0.0494.